The first kappa shape index (κ1) is 13.2. The Bertz CT molecular complexity index is 139. The van der Waals surface area contributed by atoms with Crippen LogP contribution in [-0.4, -0.2) is 12.2 Å². The van der Waals surface area contributed by atoms with Gasteiger partial charge in [0, 0.05) is 0 Å². The van der Waals surface area contributed by atoms with Crippen molar-refractivity contribution in [1.29, 1.82) is 0 Å². The predicted octanol–water partition coefficient (Wildman–Crippen LogP) is 4.68. The molecule has 76 valence electrons. The molecule has 6 heteroatoms. The summed E-state index contributed by atoms with van der Waals surface area (Å²) in [6, 6.07) is 0. The third-order valence-electron chi connectivity index (χ3n) is 0.747. The van der Waals surface area contributed by atoms with Gasteiger partial charge in [-0.3, -0.25) is 0 Å². The van der Waals surface area contributed by atoms with Crippen molar-refractivity contribution in [2.24, 2.45) is 0 Å². The van der Waals surface area contributed by atoms with Crippen molar-refractivity contribution in [3.8, 4) is 0 Å². The monoisotopic (exact) mass is 254 g/mol. The van der Waals surface area contributed by atoms with Crippen LogP contribution >= 0.6 is 38.8 Å². The van der Waals surface area contributed by atoms with E-state index in [9.17, 15) is 0 Å². The van der Waals surface area contributed by atoms with Crippen molar-refractivity contribution < 1.29 is 9.05 Å². The first-order valence-corrected chi connectivity index (χ1v) is 8.44. The summed E-state index contributed by atoms with van der Waals surface area (Å²) in [5.74, 6) is 0. The number of hydrogen-bond acceptors (Lipinski definition) is 2. The summed E-state index contributed by atoms with van der Waals surface area (Å²) in [5, 5.41) is -3.88. The van der Waals surface area contributed by atoms with E-state index in [4.69, 9.17) is 42.8 Å². The second-order valence-corrected chi connectivity index (χ2v) is 11.9. The number of rotatable bonds is 4. The zero-order valence-corrected chi connectivity index (χ0v) is 10.7. The van der Waals surface area contributed by atoms with Crippen molar-refractivity contribution in [2.45, 2.75) is 39.9 Å². The Morgan fingerprint density at radius 3 is 1.25 bits per heavy atom. The molecule has 0 N–H and O–H groups in total. The van der Waals surface area contributed by atoms with Crippen LogP contribution in [-0.2, 0) is 9.05 Å². The van der Waals surface area contributed by atoms with E-state index in [1.165, 1.54) is 0 Å². The van der Waals surface area contributed by atoms with Crippen LogP contribution in [0.5, 0.6) is 0 Å². The Labute approximate surface area is 87.9 Å². The summed E-state index contributed by atoms with van der Waals surface area (Å²) in [7, 11) is 0. The normalized spacial score (nSPS) is 16.6. The molecule has 0 aromatic carbocycles. The second kappa shape index (κ2) is 4.16. The molecular weight excluding hydrogens is 241 g/mol. The fourth-order valence-corrected chi connectivity index (χ4v) is 4.89. The average molecular weight is 256 g/mol. The van der Waals surface area contributed by atoms with Crippen molar-refractivity contribution in [3.05, 3.63) is 0 Å². The molecule has 2 nitrogen and oxygen atoms in total. The molecule has 0 saturated carbocycles. The molecule has 0 atom stereocenters. The van der Waals surface area contributed by atoms with Gasteiger partial charge in [-0.1, -0.05) is 0 Å². The third-order valence-corrected chi connectivity index (χ3v) is 3.67. The molecule has 0 aromatic rings. The minimum atomic E-state index is -3.88. The molecule has 0 aromatic heterocycles. The van der Waals surface area contributed by atoms with Crippen LogP contribution in [0.4, 0.5) is 0 Å². The molecule has 12 heavy (non-hydrogen) atoms. The van der Waals surface area contributed by atoms with E-state index in [1.54, 1.807) is 27.7 Å². The van der Waals surface area contributed by atoms with Crippen LogP contribution in [0.15, 0.2) is 0 Å². The molecule has 0 amide bonds. The summed E-state index contributed by atoms with van der Waals surface area (Å²) < 4.78 is 10.3. The maximum atomic E-state index is 5.80. The Balaban J connectivity index is 4.28. The summed E-state index contributed by atoms with van der Waals surface area (Å²) in [4.78, 5) is 0. The van der Waals surface area contributed by atoms with Gasteiger partial charge in [-0.2, -0.15) is 0 Å². The molecule has 0 heterocycles. The van der Waals surface area contributed by atoms with Crippen LogP contribution in [0.3, 0.4) is 0 Å². The van der Waals surface area contributed by atoms with Gasteiger partial charge in [-0.15, -0.1) is 0 Å². The van der Waals surface area contributed by atoms with Gasteiger partial charge in [0.2, 0.25) is 0 Å². The molecule has 0 fully saturated rings. The molecular formula is C6H14Cl3O2P. The van der Waals surface area contributed by atoms with E-state index in [-0.39, 0.29) is 12.2 Å². The van der Waals surface area contributed by atoms with Gasteiger partial charge < -0.3 is 0 Å². The quantitative estimate of drug-likeness (QED) is 0.679. The Morgan fingerprint density at radius 2 is 1.08 bits per heavy atom. The zero-order valence-electron chi connectivity index (χ0n) is 7.55. The molecule has 0 unspecified atom stereocenters. The van der Waals surface area contributed by atoms with Crippen LogP contribution < -0.4 is 0 Å². The van der Waals surface area contributed by atoms with E-state index < -0.39 is 5.12 Å². The maximum absolute atomic E-state index is 5.80. The fraction of sp³-hybridized carbons (Fsp3) is 1.00. The van der Waals surface area contributed by atoms with Crippen molar-refractivity contribution in [2.75, 3.05) is 0 Å². The molecule has 0 aliphatic heterocycles. The Hall–Kier alpha value is 1.22. The number of halogens is 3. The average Bonchev–Trinajstić information content (AvgIpc) is 1.49. The minimum absolute atomic E-state index is 0.158. The van der Waals surface area contributed by atoms with Crippen LogP contribution in [0, 0.1) is 0 Å². The van der Waals surface area contributed by atoms with Crippen LogP contribution in [0.25, 0.3) is 0 Å². The van der Waals surface area contributed by atoms with Gasteiger partial charge in [0.1, 0.15) is 0 Å². The topological polar surface area (TPSA) is 18.5 Å². The molecule has 0 saturated heterocycles. The standard InChI is InChI=1S/C6H14Cl3O2P/c1-5(2)10-12(7,8,9)11-6(3)4/h5-6H,1-4H3. The molecule has 0 radical (unpaired) electrons. The van der Waals surface area contributed by atoms with Gasteiger partial charge in [-0.25, -0.2) is 0 Å². The Kier molecular flexibility index (Phi) is 4.59. The van der Waals surface area contributed by atoms with E-state index in [2.05, 4.69) is 0 Å². The van der Waals surface area contributed by atoms with Gasteiger partial charge in [0.25, 0.3) is 0 Å². The Morgan fingerprint density at radius 1 is 0.833 bits per heavy atom. The first-order chi connectivity index (χ1) is 5.10. The number of hydrogen-bond donors (Lipinski definition) is 0. The van der Waals surface area contributed by atoms with Crippen molar-refractivity contribution in [3.63, 3.8) is 0 Å². The van der Waals surface area contributed by atoms with Gasteiger partial charge in [0.15, 0.2) is 0 Å². The van der Waals surface area contributed by atoms with Gasteiger partial charge in [-0.05, 0) is 0 Å². The predicted molar refractivity (Wildman–Crippen MR) is 56.9 cm³/mol. The van der Waals surface area contributed by atoms with E-state index >= 15 is 0 Å². The van der Waals surface area contributed by atoms with Crippen molar-refractivity contribution >= 4 is 38.8 Å². The second-order valence-electron chi connectivity index (χ2n) is 2.99. The van der Waals surface area contributed by atoms with Crippen LogP contribution in [0.1, 0.15) is 27.7 Å². The van der Waals surface area contributed by atoms with Crippen molar-refractivity contribution in [1.82, 2.24) is 0 Å². The summed E-state index contributed by atoms with van der Waals surface area (Å²) in [6.07, 6.45) is -0.317. The molecule has 0 aliphatic carbocycles. The molecule has 0 spiro atoms. The fourth-order valence-electron chi connectivity index (χ4n) is 0.675. The molecule has 0 rings (SSSR count). The zero-order chi connectivity index (χ0) is 10.0. The first-order valence-electron chi connectivity index (χ1n) is 3.65. The summed E-state index contributed by atoms with van der Waals surface area (Å²) >= 11 is 17.4. The summed E-state index contributed by atoms with van der Waals surface area (Å²) in [5.41, 5.74) is 0. The van der Waals surface area contributed by atoms with Crippen LogP contribution in [0.2, 0.25) is 0 Å². The van der Waals surface area contributed by atoms with E-state index in [1.807, 2.05) is 0 Å². The van der Waals surface area contributed by atoms with Gasteiger partial charge in [0.05, 0.1) is 0 Å². The van der Waals surface area contributed by atoms with E-state index in [0.29, 0.717) is 0 Å². The third kappa shape index (κ3) is 6.71. The molecule has 0 aliphatic rings. The van der Waals surface area contributed by atoms with Gasteiger partial charge >= 0.3 is 87.8 Å². The summed E-state index contributed by atoms with van der Waals surface area (Å²) in [6.45, 7) is 7.16. The SMILES string of the molecule is CC(C)OP(Cl)(Cl)(Cl)OC(C)C. The van der Waals surface area contributed by atoms with E-state index in [0.717, 1.165) is 0 Å². The molecule has 0 bridgehead atoms.